The molecule has 0 bridgehead atoms. The summed E-state index contributed by atoms with van der Waals surface area (Å²) in [4.78, 5) is 45.6. The number of aliphatic carboxylic acids is 4. The summed E-state index contributed by atoms with van der Waals surface area (Å²) in [6.07, 6.45) is 0. The van der Waals surface area contributed by atoms with Gasteiger partial charge in [0.25, 0.3) is 0 Å². The first-order valence-electron chi connectivity index (χ1n) is 10.1. The van der Waals surface area contributed by atoms with E-state index in [4.69, 9.17) is 9.47 Å². The maximum Gasteiger partial charge on any atom is 1.00 e. The van der Waals surface area contributed by atoms with E-state index in [1.807, 2.05) is 0 Å². The van der Waals surface area contributed by atoms with E-state index in [2.05, 4.69) is 0 Å². The molecule has 0 atom stereocenters. The molecule has 0 radical (unpaired) electrons. The van der Waals surface area contributed by atoms with E-state index in [0.29, 0.717) is 0 Å². The van der Waals surface area contributed by atoms with Crippen molar-refractivity contribution < 1.29 is 263 Å². The predicted molar refractivity (Wildman–Crippen MR) is 108 cm³/mol. The van der Waals surface area contributed by atoms with Crippen LogP contribution in [0.3, 0.4) is 0 Å². The van der Waals surface area contributed by atoms with E-state index >= 15 is 0 Å². The van der Waals surface area contributed by atoms with Crippen LogP contribution in [0.15, 0.2) is 36.4 Å². The summed E-state index contributed by atoms with van der Waals surface area (Å²) in [5.74, 6) is -8.56. The molecule has 194 valence electrons. The van der Waals surface area contributed by atoms with Gasteiger partial charge in [-0.2, -0.15) is 0 Å². The van der Waals surface area contributed by atoms with Crippen LogP contribution in [0.5, 0.6) is 11.5 Å². The fourth-order valence-electron chi connectivity index (χ4n) is 3.11. The minimum absolute atomic E-state index is 0. The molecule has 0 aliphatic rings. The van der Waals surface area contributed by atoms with Gasteiger partial charge in [0.2, 0.25) is 0 Å². The third-order valence-corrected chi connectivity index (χ3v) is 4.40. The maximum absolute atomic E-state index is 13.8. The van der Waals surface area contributed by atoms with Gasteiger partial charge in [0.15, 0.2) is 0 Å². The standard InChI is InChI=1S/C22H22F2N2O10.4K/c23-13-1-3-15(25(9-19(27)28)10-20(29)30)17(7-13)35-5-6-36-18-8-14(24)2-4-16(18)26(11-21(31)32)12-22(33)34;;;;/h1-4,7-8H,5-6,9-12H2,(H,27,28)(H,29,30)(H,31,32)(H,33,34);;;;/q;4*+1/p-4. The van der Waals surface area contributed by atoms with Crippen molar-refractivity contribution in [3.05, 3.63) is 48.0 Å². The summed E-state index contributed by atoms with van der Waals surface area (Å²) in [6.45, 7) is -4.20. The average Bonchev–Trinajstić information content (AvgIpc) is 2.74. The molecule has 0 aromatic heterocycles. The summed E-state index contributed by atoms with van der Waals surface area (Å²) in [5, 5.41) is 44.0. The Hall–Kier alpha value is 1.93. The molecule has 12 nitrogen and oxygen atoms in total. The number of carboxylic acids is 4. The summed E-state index contributed by atoms with van der Waals surface area (Å²) >= 11 is 0. The first-order valence-corrected chi connectivity index (χ1v) is 10.1. The minimum atomic E-state index is -1.62. The van der Waals surface area contributed by atoms with E-state index < -0.39 is 61.7 Å². The number of nitrogens with zero attached hydrogens (tertiary/aromatic N) is 2. The van der Waals surface area contributed by atoms with Gasteiger partial charge in [-0.3, -0.25) is 0 Å². The molecule has 2 aromatic carbocycles. The topological polar surface area (TPSA) is 185 Å². The zero-order valence-electron chi connectivity index (χ0n) is 22.4. The van der Waals surface area contributed by atoms with Crippen LogP contribution in [0.4, 0.5) is 20.2 Å². The molecule has 0 spiro atoms. The van der Waals surface area contributed by atoms with Crippen LogP contribution in [-0.4, -0.2) is 63.3 Å². The third-order valence-electron chi connectivity index (χ3n) is 4.40. The quantitative estimate of drug-likeness (QED) is 0.130. The molecule has 0 saturated carbocycles. The molecular formula is C22H18F2K4N2O10. The smallest absolute Gasteiger partial charge is 0.548 e. The van der Waals surface area contributed by atoms with Gasteiger partial charge in [0.05, 0.1) is 61.4 Å². The number of anilines is 2. The SMILES string of the molecule is O=C([O-])CN(CC(=O)[O-])c1ccc(F)cc1OCCOc1cc(F)ccc1N(CC(=O)[O-])CC(=O)[O-].[K+].[K+].[K+].[K+]. The van der Waals surface area contributed by atoms with Crippen molar-refractivity contribution >= 4 is 35.3 Å². The molecule has 0 N–H and O–H groups in total. The van der Waals surface area contributed by atoms with Crippen LogP contribution in [-0.2, 0) is 19.2 Å². The van der Waals surface area contributed by atoms with Crippen LogP contribution in [0.1, 0.15) is 0 Å². The molecule has 18 heteroatoms. The largest absolute Gasteiger partial charge is 1.00 e. The first-order chi connectivity index (χ1) is 17.0. The summed E-state index contributed by atoms with van der Waals surface area (Å²) in [5.41, 5.74) is -0.212. The average molecular weight is 665 g/mol. The molecule has 0 aliphatic carbocycles. The second-order valence-corrected chi connectivity index (χ2v) is 7.12. The molecule has 0 aliphatic heterocycles. The number of hydrogen-bond donors (Lipinski definition) is 0. The van der Waals surface area contributed by atoms with E-state index in [1.54, 1.807) is 0 Å². The zero-order chi connectivity index (χ0) is 26.8. The Bertz CT molecular complexity index is 1030. The number of carboxylic acid groups (broad SMARTS) is 4. The fourth-order valence-corrected chi connectivity index (χ4v) is 3.11. The summed E-state index contributed by atoms with van der Waals surface area (Å²) in [7, 11) is 0. The van der Waals surface area contributed by atoms with Gasteiger partial charge in [-0.05, 0) is 24.3 Å². The summed E-state index contributed by atoms with van der Waals surface area (Å²) < 4.78 is 38.3. The van der Waals surface area contributed by atoms with Gasteiger partial charge in [-0.1, -0.05) is 0 Å². The van der Waals surface area contributed by atoms with Gasteiger partial charge < -0.3 is 58.9 Å². The van der Waals surface area contributed by atoms with Gasteiger partial charge in [-0.15, -0.1) is 0 Å². The fraction of sp³-hybridized carbons (Fsp3) is 0.273. The molecule has 0 fully saturated rings. The van der Waals surface area contributed by atoms with Crippen molar-refractivity contribution in [2.45, 2.75) is 0 Å². The summed E-state index contributed by atoms with van der Waals surface area (Å²) in [6, 6.07) is 5.78. The van der Waals surface area contributed by atoms with E-state index in [-0.39, 0.29) is 242 Å². The number of rotatable bonds is 15. The number of benzene rings is 2. The molecule has 40 heavy (non-hydrogen) atoms. The van der Waals surface area contributed by atoms with Crippen molar-refractivity contribution in [1.82, 2.24) is 0 Å². The Morgan fingerprint density at radius 3 is 1.10 bits per heavy atom. The Labute approximate surface area is 398 Å². The molecular weight excluding hydrogens is 647 g/mol. The first kappa shape index (κ1) is 46.3. The Kier molecular flexibility index (Phi) is 28.0. The van der Waals surface area contributed by atoms with Gasteiger partial charge >= 0.3 is 206 Å². The predicted octanol–water partition coefficient (Wildman–Crippen LogP) is -15.9. The van der Waals surface area contributed by atoms with Crippen molar-refractivity contribution in [1.29, 1.82) is 0 Å². The van der Waals surface area contributed by atoms with E-state index in [9.17, 15) is 48.4 Å². The van der Waals surface area contributed by atoms with Crippen LogP contribution in [0.2, 0.25) is 0 Å². The van der Waals surface area contributed by atoms with E-state index in [1.165, 1.54) is 0 Å². The van der Waals surface area contributed by atoms with Crippen LogP contribution < -0.4 is 245 Å². The van der Waals surface area contributed by atoms with Gasteiger partial charge in [0, 0.05) is 12.1 Å². The third kappa shape index (κ3) is 17.4. The molecule has 0 amide bonds. The molecule has 0 saturated heterocycles. The number of carbonyl (C=O) groups excluding carboxylic acids is 4. The zero-order valence-corrected chi connectivity index (χ0v) is 34.9. The van der Waals surface area contributed by atoms with Crippen molar-refractivity contribution in [3.8, 4) is 11.5 Å². The van der Waals surface area contributed by atoms with Crippen molar-refractivity contribution in [3.63, 3.8) is 0 Å². The van der Waals surface area contributed by atoms with E-state index in [0.717, 1.165) is 46.2 Å². The minimum Gasteiger partial charge on any atom is -0.548 e. The van der Waals surface area contributed by atoms with Gasteiger partial charge in [-0.25, -0.2) is 8.78 Å². The number of carbonyl (C=O) groups is 4. The number of halogens is 2. The Balaban J connectivity index is -0.00000342. The number of hydrogen-bond acceptors (Lipinski definition) is 12. The molecule has 2 rings (SSSR count). The monoisotopic (exact) mass is 664 g/mol. The van der Waals surface area contributed by atoms with Crippen LogP contribution >= 0.6 is 0 Å². The van der Waals surface area contributed by atoms with Gasteiger partial charge in [0.1, 0.15) is 36.3 Å². The second kappa shape index (κ2) is 24.2. The number of ether oxygens (including phenoxy) is 2. The van der Waals surface area contributed by atoms with Crippen molar-refractivity contribution in [2.75, 3.05) is 49.2 Å². The molecule has 2 aromatic rings. The molecule has 0 heterocycles. The molecule has 0 unspecified atom stereocenters. The Morgan fingerprint density at radius 1 is 0.575 bits per heavy atom. The van der Waals surface area contributed by atoms with Crippen LogP contribution in [0, 0.1) is 11.6 Å². The van der Waals surface area contributed by atoms with Crippen molar-refractivity contribution in [2.24, 2.45) is 0 Å². The normalized spacial score (nSPS) is 9.35. The maximum atomic E-state index is 13.8. The Morgan fingerprint density at radius 2 is 0.850 bits per heavy atom. The second-order valence-electron chi connectivity index (χ2n) is 7.12. The van der Waals surface area contributed by atoms with Crippen LogP contribution in [0.25, 0.3) is 0 Å².